The summed E-state index contributed by atoms with van der Waals surface area (Å²) in [6.45, 7) is 2.02. The van der Waals surface area contributed by atoms with E-state index in [2.05, 4.69) is 13.1 Å². The van der Waals surface area contributed by atoms with Crippen molar-refractivity contribution < 1.29 is 14.7 Å². The summed E-state index contributed by atoms with van der Waals surface area (Å²) in [6, 6.07) is 3.90. The van der Waals surface area contributed by atoms with Crippen molar-refractivity contribution in [3.63, 3.8) is 0 Å². The molecule has 0 saturated carbocycles. The highest BCUT2D eigenvalue weighted by atomic mass is 16.5. The smallest absolute Gasteiger partial charge is 0.166 e. The number of quaternary nitrogens is 1. The molecule has 1 heterocycles. The summed E-state index contributed by atoms with van der Waals surface area (Å²) in [5, 5.41) is 9.91. The summed E-state index contributed by atoms with van der Waals surface area (Å²) in [6.07, 6.45) is 1.04. The molecule has 0 amide bonds. The lowest BCUT2D eigenvalue weighted by molar-refractivity contribution is -0.895. The van der Waals surface area contributed by atoms with E-state index in [0.29, 0.717) is 11.5 Å². The van der Waals surface area contributed by atoms with E-state index >= 15 is 0 Å². The number of aromatic hydroxyl groups is 1. The molecule has 1 aromatic carbocycles. The zero-order valence-corrected chi connectivity index (χ0v) is 8.63. The fourth-order valence-electron chi connectivity index (χ4n) is 1.99. The summed E-state index contributed by atoms with van der Waals surface area (Å²) >= 11 is 0. The normalized spacial score (nSPS) is 20.3. The van der Waals surface area contributed by atoms with Gasteiger partial charge in [-0.05, 0) is 11.6 Å². The van der Waals surface area contributed by atoms with Crippen LogP contribution in [0.15, 0.2) is 12.1 Å². The molecule has 1 aliphatic heterocycles. The van der Waals surface area contributed by atoms with Gasteiger partial charge in [0.2, 0.25) is 0 Å². The van der Waals surface area contributed by atoms with Gasteiger partial charge in [0.05, 0.1) is 26.3 Å². The molecule has 76 valence electrons. The maximum absolute atomic E-state index is 9.91. The molecule has 3 nitrogen and oxygen atoms in total. The van der Waals surface area contributed by atoms with Crippen LogP contribution in [0.1, 0.15) is 11.1 Å². The maximum atomic E-state index is 9.91. The number of hydrogen-bond donors (Lipinski definition) is 2. The molecule has 1 aromatic rings. The fourth-order valence-corrected chi connectivity index (χ4v) is 1.99. The second kappa shape index (κ2) is 3.50. The predicted octanol–water partition coefficient (Wildman–Crippen LogP) is -0.0284. The van der Waals surface area contributed by atoms with Crippen molar-refractivity contribution in [3.8, 4) is 11.5 Å². The third-order valence-electron chi connectivity index (χ3n) is 2.86. The Morgan fingerprint density at radius 2 is 2.21 bits per heavy atom. The van der Waals surface area contributed by atoms with Gasteiger partial charge in [-0.3, -0.25) is 0 Å². The first-order valence-corrected chi connectivity index (χ1v) is 4.91. The summed E-state index contributed by atoms with van der Waals surface area (Å²) in [7, 11) is 3.72. The number of benzene rings is 1. The third kappa shape index (κ3) is 1.44. The zero-order valence-electron chi connectivity index (χ0n) is 8.63. The van der Waals surface area contributed by atoms with E-state index in [-0.39, 0.29) is 0 Å². The van der Waals surface area contributed by atoms with Crippen LogP contribution < -0.4 is 9.64 Å². The maximum Gasteiger partial charge on any atom is 0.166 e. The number of likely N-dealkylation sites (N-methyl/N-ethyl adjacent to an activating group) is 1. The highest BCUT2D eigenvalue weighted by Crippen LogP contribution is 2.32. The van der Waals surface area contributed by atoms with Gasteiger partial charge in [0.15, 0.2) is 11.5 Å². The highest BCUT2D eigenvalue weighted by Gasteiger charge is 2.21. The van der Waals surface area contributed by atoms with Crippen molar-refractivity contribution in [1.82, 2.24) is 0 Å². The van der Waals surface area contributed by atoms with Crippen LogP contribution in [-0.2, 0) is 13.0 Å². The Kier molecular flexibility index (Phi) is 2.33. The Bertz CT molecular complexity index is 349. The standard InChI is InChI=1S/C11H15NO2/c1-12-6-5-8-3-4-10(14-2)11(13)9(8)7-12/h3-4,13H,5-7H2,1-2H3/p+1. The first-order chi connectivity index (χ1) is 6.72. The summed E-state index contributed by atoms with van der Waals surface area (Å²) in [5.41, 5.74) is 2.31. The minimum atomic E-state index is 0.323. The molecule has 0 aromatic heterocycles. The number of hydrogen-bond acceptors (Lipinski definition) is 2. The summed E-state index contributed by atoms with van der Waals surface area (Å²) in [4.78, 5) is 1.43. The monoisotopic (exact) mass is 194 g/mol. The average molecular weight is 194 g/mol. The lowest BCUT2D eigenvalue weighted by atomic mass is 9.99. The average Bonchev–Trinajstić information content (AvgIpc) is 2.20. The molecule has 1 atom stereocenters. The summed E-state index contributed by atoms with van der Waals surface area (Å²) < 4.78 is 5.09. The van der Waals surface area contributed by atoms with Crippen molar-refractivity contribution in [2.45, 2.75) is 13.0 Å². The number of rotatable bonds is 1. The van der Waals surface area contributed by atoms with Crippen LogP contribution in [-0.4, -0.2) is 25.8 Å². The summed E-state index contributed by atoms with van der Waals surface area (Å²) in [5.74, 6) is 0.905. The quantitative estimate of drug-likeness (QED) is 0.658. The van der Waals surface area contributed by atoms with Crippen LogP contribution in [0.25, 0.3) is 0 Å². The van der Waals surface area contributed by atoms with E-state index in [9.17, 15) is 5.11 Å². The number of nitrogens with one attached hydrogen (secondary N) is 1. The van der Waals surface area contributed by atoms with E-state index in [1.165, 1.54) is 10.5 Å². The molecule has 3 heteroatoms. The molecule has 2 rings (SSSR count). The van der Waals surface area contributed by atoms with Gasteiger partial charge >= 0.3 is 0 Å². The van der Waals surface area contributed by atoms with Gasteiger partial charge in [-0.1, -0.05) is 6.07 Å². The van der Waals surface area contributed by atoms with Gasteiger partial charge in [0, 0.05) is 6.42 Å². The second-order valence-corrected chi connectivity index (χ2v) is 3.89. The second-order valence-electron chi connectivity index (χ2n) is 3.89. The molecule has 1 aliphatic rings. The Morgan fingerprint density at radius 1 is 1.43 bits per heavy atom. The number of phenolic OH excluding ortho intramolecular Hbond substituents is 1. The number of phenols is 1. The SMILES string of the molecule is COc1ccc2c(c1O)C[NH+](C)CC2. The van der Waals surface area contributed by atoms with Gasteiger partial charge in [-0.2, -0.15) is 0 Å². The topological polar surface area (TPSA) is 33.9 Å². The molecule has 14 heavy (non-hydrogen) atoms. The third-order valence-corrected chi connectivity index (χ3v) is 2.86. The van der Waals surface area contributed by atoms with Gasteiger partial charge in [0.25, 0.3) is 0 Å². The van der Waals surface area contributed by atoms with Crippen LogP contribution in [0, 0.1) is 0 Å². The minimum absolute atomic E-state index is 0.323. The van der Waals surface area contributed by atoms with E-state index in [1.54, 1.807) is 7.11 Å². The van der Waals surface area contributed by atoms with Crippen molar-refractivity contribution in [1.29, 1.82) is 0 Å². The molecular weight excluding hydrogens is 178 g/mol. The molecular formula is C11H16NO2+. The number of methoxy groups -OCH3 is 1. The Morgan fingerprint density at radius 3 is 2.93 bits per heavy atom. The van der Waals surface area contributed by atoms with Crippen molar-refractivity contribution in [3.05, 3.63) is 23.3 Å². The van der Waals surface area contributed by atoms with Gasteiger partial charge in [-0.25, -0.2) is 0 Å². The molecule has 0 aliphatic carbocycles. The first-order valence-electron chi connectivity index (χ1n) is 4.91. The lowest BCUT2D eigenvalue weighted by Crippen LogP contribution is -3.08. The van der Waals surface area contributed by atoms with Gasteiger partial charge in [0.1, 0.15) is 6.54 Å². The van der Waals surface area contributed by atoms with Gasteiger partial charge in [-0.15, -0.1) is 0 Å². The van der Waals surface area contributed by atoms with Crippen LogP contribution >= 0.6 is 0 Å². The van der Waals surface area contributed by atoms with Crippen LogP contribution in [0.2, 0.25) is 0 Å². The predicted molar refractivity (Wildman–Crippen MR) is 53.8 cm³/mol. The highest BCUT2D eigenvalue weighted by molar-refractivity contribution is 5.49. The van der Waals surface area contributed by atoms with E-state index in [0.717, 1.165) is 25.1 Å². The zero-order chi connectivity index (χ0) is 10.1. The van der Waals surface area contributed by atoms with Crippen molar-refractivity contribution in [2.24, 2.45) is 0 Å². The minimum Gasteiger partial charge on any atom is -0.504 e. The van der Waals surface area contributed by atoms with Crippen LogP contribution in [0.5, 0.6) is 11.5 Å². The number of fused-ring (bicyclic) bond motifs is 1. The number of ether oxygens (including phenoxy) is 1. The van der Waals surface area contributed by atoms with Crippen LogP contribution in [0.4, 0.5) is 0 Å². The molecule has 0 saturated heterocycles. The largest absolute Gasteiger partial charge is 0.504 e. The van der Waals surface area contributed by atoms with Crippen molar-refractivity contribution >= 4 is 0 Å². The lowest BCUT2D eigenvalue weighted by Gasteiger charge is -2.23. The molecule has 0 radical (unpaired) electrons. The first kappa shape index (κ1) is 9.34. The Balaban J connectivity index is 2.45. The molecule has 0 bridgehead atoms. The van der Waals surface area contributed by atoms with Crippen molar-refractivity contribution in [2.75, 3.05) is 20.7 Å². The Labute approximate surface area is 83.9 Å². The fraction of sp³-hybridized carbons (Fsp3) is 0.455. The van der Waals surface area contributed by atoms with Crippen LogP contribution in [0.3, 0.4) is 0 Å². The Hall–Kier alpha value is -1.22. The van der Waals surface area contributed by atoms with E-state index in [1.807, 2.05) is 6.07 Å². The molecule has 2 N–H and O–H groups in total. The van der Waals surface area contributed by atoms with E-state index in [4.69, 9.17) is 4.74 Å². The van der Waals surface area contributed by atoms with E-state index < -0.39 is 0 Å². The molecule has 0 spiro atoms. The molecule has 0 fully saturated rings. The molecule has 1 unspecified atom stereocenters. The van der Waals surface area contributed by atoms with Gasteiger partial charge < -0.3 is 14.7 Å².